The molecule has 1 aromatic carbocycles. The van der Waals surface area contributed by atoms with Crippen LogP contribution >= 0.6 is 0 Å². The van der Waals surface area contributed by atoms with Crippen molar-refractivity contribution in [3.05, 3.63) is 35.9 Å². The molecule has 1 rings (SSSR count). The number of carboxylic acid groups (broad SMARTS) is 1. The summed E-state index contributed by atoms with van der Waals surface area (Å²) in [6, 6.07) is 9.91. The van der Waals surface area contributed by atoms with Crippen molar-refractivity contribution in [2.75, 3.05) is 0 Å². The minimum absolute atomic E-state index is 0.267. The van der Waals surface area contributed by atoms with Crippen LogP contribution in [-0.2, 0) is 16.0 Å². The molecule has 0 aliphatic heterocycles. The predicted molar refractivity (Wildman–Crippen MR) is 75.2 cm³/mol. The van der Waals surface area contributed by atoms with Crippen molar-refractivity contribution in [2.45, 2.75) is 43.7 Å². The number of aliphatic hydroxyl groups is 1. The van der Waals surface area contributed by atoms with Gasteiger partial charge in [0.25, 0.3) is 0 Å². The summed E-state index contributed by atoms with van der Waals surface area (Å²) in [5.74, 6) is -1.35. The Kier molecular flexibility index (Phi) is 6.35. The maximum Gasteiger partial charge on any atom is 0.326 e. The van der Waals surface area contributed by atoms with E-state index in [2.05, 4.69) is 0 Å². The van der Waals surface area contributed by atoms with E-state index in [-0.39, 0.29) is 12.8 Å². The summed E-state index contributed by atoms with van der Waals surface area (Å²) in [4.78, 5) is 21.6. The van der Waals surface area contributed by atoms with Gasteiger partial charge in [-0.1, -0.05) is 36.8 Å². The molecule has 5 heteroatoms. The maximum atomic E-state index is 11.1. The second-order valence-corrected chi connectivity index (χ2v) is 4.96. The first kappa shape index (κ1) is 16.3. The number of unbranched alkanes of at least 4 members (excludes halogenated alkanes) is 1. The molecule has 0 spiro atoms. The molecule has 0 aromatic heterocycles. The number of nitrogens with two attached hydrogens (primary N) is 1. The normalized spacial score (nSPS) is 15.3. The van der Waals surface area contributed by atoms with Crippen LogP contribution in [0.25, 0.3) is 0 Å². The first-order chi connectivity index (χ1) is 9.50. The standard InChI is InChI=1S/C15H21NO4/c16-15(10-11-17,14(19)20)13(18)9-5-4-8-12-6-2-1-3-7-12/h1-3,6-7,11,13,18H,4-5,8-10,16H2,(H,19,20). The van der Waals surface area contributed by atoms with Crippen LogP contribution in [0.3, 0.4) is 0 Å². The zero-order valence-electron chi connectivity index (χ0n) is 11.4. The molecule has 0 saturated heterocycles. The molecule has 1 aromatic rings. The van der Waals surface area contributed by atoms with Crippen LogP contribution in [0.2, 0.25) is 0 Å². The monoisotopic (exact) mass is 279 g/mol. The highest BCUT2D eigenvalue weighted by atomic mass is 16.4. The van der Waals surface area contributed by atoms with Crippen LogP contribution in [0.5, 0.6) is 0 Å². The van der Waals surface area contributed by atoms with Gasteiger partial charge in [-0.05, 0) is 24.8 Å². The minimum atomic E-state index is -1.88. The van der Waals surface area contributed by atoms with Gasteiger partial charge < -0.3 is 20.7 Å². The van der Waals surface area contributed by atoms with Gasteiger partial charge in [0.1, 0.15) is 11.8 Å². The van der Waals surface area contributed by atoms with Gasteiger partial charge in [-0.15, -0.1) is 0 Å². The quantitative estimate of drug-likeness (QED) is 0.465. The molecular weight excluding hydrogens is 258 g/mol. The average Bonchev–Trinajstić information content (AvgIpc) is 2.44. The Hall–Kier alpha value is -1.72. The highest BCUT2D eigenvalue weighted by Gasteiger charge is 2.40. The van der Waals surface area contributed by atoms with E-state index in [0.29, 0.717) is 12.7 Å². The number of aliphatic hydroxyl groups excluding tert-OH is 1. The fraction of sp³-hybridized carbons (Fsp3) is 0.467. The fourth-order valence-electron chi connectivity index (χ4n) is 2.07. The molecule has 2 unspecified atom stereocenters. The van der Waals surface area contributed by atoms with Crippen LogP contribution in [0.4, 0.5) is 0 Å². The van der Waals surface area contributed by atoms with Gasteiger partial charge in [-0.25, -0.2) is 0 Å². The molecule has 0 radical (unpaired) electrons. The summed E-state index contributed by atoms with van der Waals surface area (Å²) in [5.41, 5.74) is 4.93. The molecule has 0 bridgehead atoms. The Labute approximate surface area is 118 Å². The molecule has 20 heavy (non-hydrogen) atoms. The van der Waals surface area contributed by atoms with E-state index in [9.17, 15) is 14.7 Å². The Morgan fingerprint density at radius 2 is 1.95 bits per heavy atom. The second kappa shape index (κ2) is 7.77. The number of carboxylic acids is 1. The summed E-state index contributed by atoms with van der Waals surface area (Å²) in [5, 5.41) is 18.9. The minimum Gasteiger partial charge on any atom is -0.480 e. The Balaban J connectivity index is 2.40. The zero-order chi connectivity index (χ0) is 15.0. The second-order valence-electron chi connectivity index (χ2n) is 4.96. The third-order valence-electron chi connectivity index (χ3n) is 3.45. The first-order valence-corrected chi connectivity index (χ1v) is 6.68. The molecule has 0 heterocycles. The van der Waals surface area contributed by atoms with E-state index in [1.165, 1.54) is 5.56 Å². The number of rotatable bonds is 9. The van der Waals surface area contributed by atoms with Crippen molar-refractivity contribution >= 4 is 12.3 Å². The van der Waals surface area contributed by atoms with Crippen molar-refractivity contribution in [3.63, 3.8) is 0 Å². The van der Waals surface area contributed by atoms with E-state index >= 15 is 0 Å². The molecule has 110 valence electrons. The number of carbonyl (C=O) groups excluding carboxylic acids is 1. The van der Waals surface area contributed by atoms with Crippen molar-refractivity contribution in [1.82, 2.24) is 0 Å². The van der Waals surface area contributed by atoms with Gasteiger partial charge in [0, 0.05) is 6.42 Å². The van der Waals surface area contributed by atoms with E-state index in [1.54, 1.807) is 0 Å². The Morgan fingerprint density at radius 1 is 1.30 bits per heavy atom. The smallest absolute Gasteiger partial charge is 0.326 e. The number of aliphatic carboxylic acids is 1. The number of aryl methyl sites for hydroxylation is 1. The van der Waals surface area contributed by atoms with Crippen molar-refractivity contribution in [2.24, 2.45) is 5.73 Å². The molecule has 4 N–H and O–H groups in total. The molecule has 0 aliphatic carbocycles. The SMILES string of the molecule is NC(CC=O)(C(=O)O)C(O)CCCCc1ccccc1. The van der Waals surface area contributed by atoms with Crippen LogP contribution in [0.1, 0.15) is 31.2 Å². The van der Waals surface area contributed by atoms with Gasteiger partial charge >= 0.3 is 5.97 Å². The largest absolute Gasteiger partial charge is 0.480 e. The van der Waals surface area contributed by atoms with E-state index in [0.717, 1.165) is 12.8 Å². The van der Waals surface area contributed by atoms with Gasteiger partial charge in [0.05, 0.1) is 6.10 Å². The highest BCUT2D eigenvalue weighted by molar-refractivity contribution is 5.82. The highest BCUT2D eigenvalue weighted by Crippen LogP contribution is 2.18. The summed E-state index contributed by atoms with van der Waals surface area (Å²) in [6.45, 7) is 0. The Bertz CT molecular complexity index is 435. The number of carbonyl (C=O) groups is 2. The molecule has 2 atom stereocenters. The molecule has 0 fully saturated rings. The summed E-state index contributed by atoms with van der Waals surface area (Å²) < 4.78 is 0. The third kappa shape index (κ3) is 4.43. The van der Waals surface area contributed by atoms with Crippen LogP contribution in [-0.4, -0.2) is 34.1 Å². The topological polar surface area (TPSA) is 101 Å². The number of aldehydes is 1. The van der Waals surface area contributed by atoms with E-state index in [1.807, 2.05) is 30.3 Å². The predicted octanol–water partition coefficient (Wildman–Crippen LogP) is 1.13. The third-order valence-corrected chi connectivity index (χ3v) is 3.45. The molecular formula is C15H21NO4. The lowest BCUT2D eigenvalue weighted by molar-refractivity contribution is -0.149. The zero-order valence-corrected chi connectivity index (χ0v) is 11.4. The lowest BCUT2D eigenvalue weighted by atomic mass is 9.87. The molecule has 5 nitrogen and oxygen atoms in total. The summed E-state index contributed by atoms with van der Waals surface area (Å²) >= 11 is 0. The average molecular weight is 279 g/mol. The van der Waals surface area contributed by atoms with Gasteiger partial charge in [-0.2, -0.15) is 0 Å². The molecule has 0 amide bonds. The lowest BCUT2D eigenvalue weighted by Crippen LogP contribution is -2.57. The first-order valence-electron chi connectivity index (χ1n) is 6.68. The summed E-state index contributed by atoms with van der Waals surface area (Å²) in [6.07, 6.45) is 1.44. The van der Waals surface area contributed by atoms with E-state index in [4.69, 9.17) is 10.8 Å². The number of hydrogen-bond acceptors (Lipinski definition) is 4. The van der Waals surface area contributed by atoms with Gasteiger partial charge in [0.15, 0.2) is 0 Å². The number of hydrogen-bond donors (Lipinski definition) is 3. The maximum absolute atomic E-state index is 11.1. The molecule has 0 saturated carbocycles. The number of benzene rings is 1. The van der Waals surface area contributed by atoms with Crippen LogP contribution < -0.4 is 5.73 Å². The molecule has 0 aliphatic rings. The Morgan fingerprint density at radius 3 is 2.50 bits per heavy atom. The van der Waals surface area contributed by atoms with Crippen molar-refractivity contribution in [1.29, 1.82) is 0 Å². The lowest BCUT2D eigenvalue weighted by Gasteiger charge is -2.28. The van der Waals surface area contributed by atoms with Crippen LogP contribution in [0.15, 0.2) is 30.3 Å². The van der Waals surface area contributed by atoms with Gasteiger partial charge in [-0.3, -0.25) is 4.79 Å². The van der Waals surface area contributed by atoms with Crippen molar-refractivity contribution in [3.8, 4) is 0 Å². The summed E-state index contributed by atoms with van der Waals surface area (Å²) in [7, 11) is 0. The van der Waals surface area contributed by atoms with E-state index < -0.39 is 17.6 Å². The van der Waals surface area contributed by atoms with Crippen LogP contribution in [0, 0.1) is 0 Å². The van der Waals surface area contributed by atoms with Crippen molar-refractivity contribution < 1.29 is 19.8 Å². The van der Waals surface area contributed by atoms with Gasteiger partial charge in [0.2, 0.25) is 0 Å². The fourth-order valence-corrected chi connectivity index (χ4v) is 2.07.